The summed E-state index contributed by atoms with van der Waals surface area (Å²) in [6.45, 7) is 2.18. The van der Waals surface area contributed by atoms with Gasteiger partial charge in [-0.2, -0.15) is 0 Å². The molecule has 0 saturated heterocycles. The highest BCUT2D eigenvalue weighted by Crippen LogP contribution is 2.30. The summed E-state index contributed by atoms with van der Waals surface area (Å²) in [4.78, 5) is 0. The molecule has 0 fully saturated rings. The molecule has 1 aliphatic heterocycles. The summed E-state index contributed by atoms with van der Waals surface area (Å²) in [5.41, 5.74) is 2.78. The Hall–Kier alpha value is -0.730. The number of halogens is 1. The van der Waals surface area contributed by atoms with E-state index in [0.29, 0.717) is 5.92 Å². The number of nitrogens with one attached hydrogen (secondary N) is 2. The Balaban J connectivity index is 0.000000980. The van der Waals surface area contributed by atoms with E-state index in [2.05, 4.69) is 34.9 Å². The fraction of sp³-hybridized carbons (Fsp3) is 0.455. The van der Waals surface area contributed by atoms with Gasteiger partial charge in [0.1, 0.15) is 0 Å². The summed E-state index contributed by atoms with van der Waals surface area (Å²) < 4.78 is 0. The Morgan fingerprint density at radius 1 is 1.43 bits per heavy atom. The van der Waals surface area contributed by atoms with E-state index in [1.54, 1.807) is 0 Å². The third kappa shape index (κ3) is 2.20. The van der Waals surface area contributed by atoms with E-state index in [4.69, 9.17) is 0 Å². The summed E-state index contributed by atoms with van der Waals surface area (Å²) in [6.07, 6.45) is 1.23. The predicted octanol–water partition coefficient (Wildman–Crippen LogP) is 2.23. The van der Waals surface area contributed by atoms with E-state index >= 15 is 0 Å². The van der Waals surface area contributed by atoms with Gasteiger partial charge in [-0.05, 0) is 25.1 Å². The fourth-order valence-corrected chi connectivity index (χ4v) is 2.01. The number of para-hydroxylation sites is 1. The number of rotatable bonds is 2. The Morgan fingerprint density at radius 2 is 2.21 bits per heavy atom. The van der Waals surface area contributed by atoms with Crippen molar-refractivity contribution < 1.29 is 0 Å². The van der Waals surface area contributed by atoms with Gasteiger partial charge in [0.15, 0.2) is 0 Å². The summed E-state index contributed by atoms with van der Waals surface area (Å²) in [5, 5.41) is 6.67. The van der Waals surface area contributed by atoms with E-state index < -0.39 is 0 Å². The second-order valence-corrected chi connectivity index (χ2v) is 3.56. The highest BCUT2D eigenvalue weighted by Gasteiger charge is 2.17. The van der Waals surface area contributed by atoms with E-state index in [-0.39, 0.29) is 12.4 Å². The quantitative estimate of drug-likeness (QED) is 0.786. The number of benzene rings is 1. The zero-order chi connectivity index (χ0) is 9.10. The molecule has 1 aliphatic rings. The maximum Gasteiger partial charge on any atom is 0.0376 e. The molecule has 1 heterocycles. The zero-order valence-electron chi connectivity index (χ0n) is 8.42. The van der Waals surface area contributed by atoms with Crippen molar-refractivity contribution in [3.8, 4) is 0 Å². The van der Waals surface area contributed by atoms with Crippen LogP contribution in [0.3, 0.4) is 0 Å². The second-order valence-electron chi connectivity index (χ2n) is 3.56. The summed E-state index contributed by atoms with van der Waals surface area (Å²) >= 11 is 0. The van der Waals surface area contributed by atoms with Crippen molar-refractivity contribution >= 4 is 18.1 Å². The molecule has 0 radical (unpaired) electrons. The SMILES string of the molecule is CNCC1CCNc2ccccc21.Cl. The monoisotopic (exact) mass is 212 g/mol. The molecule has 14 heavy (non-hydrogen) atoms. The number of likely N-dealkylation sites (N-methyl/N-ethyl adjacent to an activating group) is 1. The number of fused-ring (bicyclic) bond motifs is 1. The van der Waals surface area contributed by atoms with Crippen molar-refractivity contribution in [2.45, 2.75) is 12.3 Å². The van der Waals surface area contributed by atoms with Gasteiger partial charge < -0.3 is 10.6 Å². The molecule has 0 amide bonds. The Labute approximate surface area is 91.5 Å². The third-order valence-electron chi connectivity index (χ3n) is 2.66. The lowest BCUT2D eigenvalue weighted by Gasteiger charge is -2.26. The number of hydrogen-bond donors (Lipinski definition) is 2. The number of hydrogen-bond acceptors (Lipinski definition) is 2. The predicted molar refractivity (Wildman–Crippen MR) is 63.5 cm³/mol. The molecule has 0 aromatic heterocycles. The fourth-order valence-electron chi connectivity index (χ4n) is 2.01. The van der Waals surface area contributed by atoms with E-state index in [1.165, 1.54) is 17.7 Å². The van der Waals surface area contributed by atoms with Gasteiger partial charge in [-0.25, -0.2) is 0 Å². The maximum absolute atomic E-state index is 3.42. The van der Waals surface area contributed by atoms with Crippen molar-refractivity contribution in [1.82, 2.24) is 5.32 Å². The lowest BCUT2D eigenvalue weighted by molar-refractivity contribution is 0.586. The van der Waals surface area contributed by atoms with Gasteiger partial charge in [0.2, 0.25) is 0 Å². The summed E-state index contributed by atoms with van der Waals surface area (Å²) in [6, 6.07) is 8.60. The van der Waals surface area contributed by atoms with Crippen molar-refractivity contribution in [2.24, 2.45) is 0 Å². The molecule has 3 heteroatoms. The van der Waals surface area contributed by atoms with Crippen molar-refractivity contribution in [2.75, 3.05) is 25.5 Å². The van der Waals surface area contributed by atoms with Crippen molar-refractivity contribution in [1.29, 1.82) is 0 Å². The summed E-state index contributed by atoms with van der Waals surface area (Å²) in [5.74, 6) is 0.683. The van der Waals surface area contributed by atoms with Gasteiger partial charge in [0.05, 0.1) is 0 Å². The first-order chi connectivity index (χ1) is 6.42. The van der Waals surface area contributed by atoms with Crippen LogP contribution in [0.15, 0.2) is 24.3 Å². The Bertz CT molecular complexity index is 288. The van der Waals surface area contributed by atoms with Gasteiger partial charge in [0, 0.05) is 24.7 Å². The maximum atomic E-state index is 3.42. The lowest BCUT2D eigenvalue weighted by atomic mass is 9.91. The molecule has 78 valence electrons. The van der Waals surface area contributed by atoms with Crippen LogP contribution in [0.4, 0.5) is 5.69 Å². The molecule has 1 aromatic rings. The lowest BCUT2D eigenvalue weighted by Crippen LogP contribution is -2.24. The van der Waals surface area contributed by atoms with Crippen LogP contribution in [0.2, 0.25) is 0 Å². The minimum absolute atomic E-state index is 0. The highest BCUT2D eigenvalue weighted by atomic mass is 35.5. The molecule has 2 N–H and O–H groups in total. The highest BCUT2D eigenvalue weighted by molar-refractivity contribution is 5.85. The van der Waals surface area contributed by atoms with Crippen molar-refractivity contribution in [3.05, 3.63) is 29.8 Å². The van der Waals surface area contributed by atoms with Gasteiger partial charge in [-0.3, -0.25) is 0 Å². The van der Waals surface area contributed by atoms with Crippen LogP contribution in [-0.4, -0.2) is 20.1 Å². The van der Waals surface area contributed by atoms with E-state index in [0.717, 1.165) is 13.1 Å². The molecule has 1 unspecified atom stereocenters. The molecule has 0 saturated carbocycles. The van der Waals surface area contributed by atoms with Gasteiger partial charge in [-0.15, -0.1) is 12.4 Å². The van der Waals surface area contributed by atoms with Gasteiger partial charge in [-0.1, -0.05) is 18.2 Å². The van der Waals surface area contributed by atoms with Crippen LogP contribution in [0.25, 0.3) is 0 Å². The van der Waals surface area contributed by atoms with Crippen LogP contribution in [-0.2, 0) is 0 Å². The molecule has 2 nitrogen and oxygen atoms in total. The normalized spacial score (nSPS) is 19.1. The van der Waals surface area contributed by atoms with Crippen LogP contribution in [0.1, 0.15) is 17.9 Å². The van der Waals surface area contributed by atoms with Gasteiger partial charge in [0.25, 0.3) is 0 Å². The molecule has 0 bridgehead atoms. The zero-order valence-corrected chi connectivity index (χ0v) is 9.23. The first-order valence-corrected chi connectivity index (χ1v) is 4.89. The molecule has 0 aliphatic carbocycles. The van der Waals surface area contributed by atoms with Crippen LogP contribution in [0, 0.1) is 0 Å². The Kier molecular flexibility index (Phi) is 4.23. The van der Waals surface area contributed by atoms with E-state index in [1.807, 2.05) is 7.05 Å². The average Bonchev–Trinajstić information content (AvgIpc) is 2.19. The summed E-state index contributed by atoms with van der Waals surface area (Å²) in [7, 11) is 2.02. The minimum Gasteiger partial charge on any atom is -0.385 e. The molecule has 2 rings (SSSR count). The first-order valence-electron chi connectivity index (χ1n) is 4.89. The molecule has 0 spiro atoms. The molecule has 1 aromatic carbocycles. The number of anilines is 1. The van der Waals surface area contributed by atoms with E-state index in [9.17, 15) is 0 Å². The standard InChI is InChI=1S/C11H16N2.ClH/c1-12-8-9-6-7-13-11-5-3-2-4-10(9)11;/h2-5,9,12-13H,6-8H2,1H3;1H. The van der Waals surface area contributed by atoms with Crippen LogP contribution < -0.4 is 10.6 Å². The van der Waals surface area contributed by atoms with Gasteiger partial charge >= 0.3 is 0 Å². The first kappa shape index (κ1) is 11.3. The average molecular weight is 213 g/mol. The molecular weight excluding hydrogens is 196 g/mol. The minimum atomic E-state index is 0. The Morgan fingerprint density at radius 3 is 3.00 bits per heavy atom. The topological polar surface area (TPSA) is 24.1 Å². The largest absolute Gasteiger partial charge is 0.385 e. The molecule has 1 atom stereocenters. The second kappa shape index (κ2) is 5.23. The third-order valence-corrected chi connectivity index (χ3v) is 2.66. The molecular formula is C11H17ClN2. The van der Waals surface area contributed by atoms with Crippen molar-refractivity contribution in [3.63, 3.8) is 0 Å². The smallest absolute Gasteiger partial charge is 0.0376 e. The van der Waals surface area contributed by atoms with Crippen LogP contribution in [0.5, 0.6) is 0 Å². The van der Waals surface area contributed by atoms with Crippen LogP contribution >= 0.6 is 12.4 Å².